The number of nitrogens with one attached hydrogen (secondary N) is 2. The van der Waals surface area contributed by atoms with Crippen molar-refractivity contribution >= 4 is 52.2 Å². The van der Waals surface area contributed by atoms with Gasteiger partial charge in [0.1, 0.15) is 30.2 Å². The molecule has 3 aliphatic rings. The highest BCUT2D eigenvalue weighted by atomic mass is 32.2. The minimum Gasteiger partial charge on any atom is -0.382 e. The Morgan fingerprint density at radius 2 is 1.69 bits per heavy atom. The molecule has 0 spiro atoms. The average Bonchev–Trinajstić information content (AvgIpc) is 3.72. The fourth-order valence-corrected chi connectivity index (χ4v) is 7.15. The zero-order valence-electron chi connectivity index (χ0n) is 22.3. The summed E-state index contributed by atoms with van der Waals surface area (Å²) < 4.78 is 101. The number of imidazole rings is 2. The molecule has 1 unspecified atom stereocenters. The van der Waals surface area contributed by atoms with Crippen LogP contribution in [-0.4, -0.2) is 102 Å². The normalized spacial score (nSPS) is 35.5. The van der Waals surface area contributed by atoms with Gasteiger partial charge in [0.15, 0.2) is 53.5 Å². The molecule has 2 bridgehead atoms. The van der Waals surface area contributed by atoms with Crippen LogP contribution in [0.2, 0.25) is 0 Å². The first-order valence-corrected chi connectivity index (χ1v) is 15.8. The molecule has 0 radical (unpaired) electrons. The van der Waals surface area contributed by atoms with Gasteiger partial charge in [0.25, 0.3) is 5.56 Å². The van der Waals surface area contributed by atoms with Gasteiger partial charge in [-0.05, 0) is 0 Å². The van der Waals surface area contributed by atoms with E-state index in [0.717, 1.165) is 28.1 Å². The molecule has 21 nitrogen and oxygen atoms in total. The molecule has 0 amide bonds. The Labute approximate surface area is 248 Å². The molecule has 3 saturated heterocycles. The molecule has 3 fully saturated rings. The van der Waals surface area contributed by atoms with E-state index in [2.05, 4.69) is 29.9 Å². The van der Waals surface area contributed by atoms with Crippen LogP contribution in [0.15, 0.2) is 23.8 Å². The predicted octanol–water partition coefficient (Wildman–Crippen LogP) is -1.67. The van der Waals surface area contributed by atoms with Gasteiger partial charge in [-0.2, -0.15) is 18.1 Å². The Kier molecular flexibility index (Phi) is 7.10. The molecule has 0 aromatic carbocycles. The van der Waals surface area contributed by atoms with Crippen LogP contribution in [0.1, 0.15) is 12.5 Å². The van der Waals surface area contributed by atoms with Gasteiger partial charge in [0.2, 0.25) is 5.95 Å². The summed E-state index contributed by atoms with van der Waals surface area (Å²) in [6, 6.07) is 0. The highest BCUT2D eigenvalue weighted by Crippen LogP contribution is 2.50. The van der Waals surface area contributed by atoms with Crippen molar-refractivity contribution in [2.75, 3.05) is 24.6 Å². The Bertz CT molecular complexity index is 2010. The lowest BCUT2D eigenvalue weighted by Crippen LogP contribution is -2.43. The highest BCUT2D eigenvalue weighted by molar-refractivity contribution is 7.84. The lowest BCUT2D eigenvalue weighted by molar-refractivity contribution is -0.0507. The maximum atomic E-state index is 15.9. The van der Waals surface area contributed by atoms with Crippen LogP contribution in [0.4, 0.5) is 20.5 Å². The number of aromatic amines is 1. The molecule has 25 heteroatoms. The van der Waals surface area contributed by atoms with Crippen LogP contribution in [0, 0.1) is 0 Å². The second-order valence-electron chi connectivity index (χ2n) is 10.1. The summed E-state index contributed by atoms with van der Waals surface area (Å²) in [5, 5.41) is 0. The summed E-state index contributed by atoms with van der Waals surface area (Å²) in [4.78, 5) is 44.7. The lowest BCUT2D eigenvalue weighted by Gasteiger charge is -2.24. The molecule has 3 aliphatic heterocycles. The Morgan fingerprint density at radius 3 is 2.47 bits per heavy atom. The number of H-pyrrole nitrogens is 1. The maximum Gasteiger partial charge on any atom is 0.472 e. The number of aromatic nitrogens is 8. The quantitative estimate of drug-likeness (QED) is 0.148. The van der Waals surface area contributed by atoms with Gasteiger partial charge in [0.05, 0.1) is 19.3 Å². The molecule has 4 aromatic heterocycles. The lowest BCUT2D eigenvalue weighted by atomic mass is 10.1. The SMILES string of the molecule is Nc1nc2c(ncn2[C@@H]2O[C@@H]3COP(=O)(O)O[C@H]4[C@H](F)[C@H](n5cnc6c(N)ncnc65)O[C@@H]4CNS(=O)(=O)O[C@@H]2[C@@H]3F)c(=O)[nH]1. The fraction of sp³-hybridized carbons (Fsp3) is 0.500. The van der Waals surface area contributed by atoms with Gasteiger partial charge in [-0.25, -0.2) is 37.5 Å². The number of fused-ring (bicyclic) bond motifs is 5. The van der Waals surface area contributed by atoms with Crippen LogP contribution in [0.3, 0.4) is 0 Å². The van der Waals surface area contributed by atoms with Crippen molar-refractivity contribution < 1.29 is 49.4 Å². The number of phosphoric ester groups is 1. The third-order valence-electron chi connectivity index (χ3n) is 7.27. The van der Waals surface area contributed by atoms with Crippen molar-refractivity contribution in [3.8, 4) is 0 Å². The minimum atomic E-state index is -5.19. The number of nitrogens with zero attached hydrogens (tertiary/aromatic N) is 7. The van der Waals surface area contributed by atoms with E-state index in [-0.39, 0.29) is 34.1 Å². The number of hydrogen-bond donors (Lipinski definition) is 5. The summed E-state index contributed by atoms with van der Waals surface area (Å²) in [7, 11) is -10.1. The summed E-state index contributed by atoms with van der Waals surface area (Å²) in [5.41, 5.74) is 10.4. The summed E-state index contributed by atoms with van der Waals surface area (Å²) in [5.74, 6) is -0.341. The molecule has 7 heterocycles. The van der Waals surface area contributed by atoms with Gasteiger partial charge in [-0.1, -0.05) is 0 Å². The van der Waals surface area contributed by atoms with E-state index in [9.17, 15) is 22.7 Å². The van der Waals surface area contributed by atoms with Crippen molar-refractivity contribution in [1.82, 2.24) is 43.8 Å². The number of nitrogen functional groups attached to an aromatic ring is 2. The van der Waals surface area contributed by atoms with Crippen LogP contribution in [0.25, 0.3) is 22.3 Å². The summed E-state index contributed by atoms with van der Waals surface area (Å²) >= 11 is 0. The van der Waals surface area contributed by atoms with E-state index in [4.69, 9.17) is 34.2 Å². The van der Waals surface area contributed by atoms with Crippen LogP contribution in [0.5, 0.6) is 0 Å². The molecule has 7 rings (SSSR count). The second kappa shape index (κ2) is 10.7. The summed E-state index contributed by atoms with van der Waals surface area (Å²) in [6.07, 6.45) is -11.7. The van der Waals surface area contributed by atoms with Crippen molar-refractivity contribution in [2.24, 2.45) is 0 Å². The zero-order valence-corrected chi connectivity index (χ0v) is 24.0. The molecular formula is C20H22F2N11O10PS. The summed E-state index contributed by atoms with van der Waals surface area (Å²) in [6.45, 7) is -1.77. The zero-order chi connectivity index (χ0) is 31.8. The van der Waals surface area contributed by atoms with Crippen molar-refractivity contribution in [3.05, 3.63) is 29.3 Å². The molecule has 7 N–H and O–H groups in total. The highest BCUT2D eigenvalue weighted by Gasteiger charge is 2.54. The first-order valence-electron chi connectivity index (χ1n) is 12.9. The molecule has 0 saturated carbocycles. The minimum absolute atomic E-state index is 0.0137. The smallest absolute Gasteiger partial charge is 0.382 e. The van der Waals surface area contributed by atoms with Gasteiger partial charge in [-0.15, -0.1) is 0 Å². The van der Waals surface area contributed by atoms with E-state index < -0.39 is 86.1 Å². The molecule has 0 aliphatic carbocycles. The largest absolute Gasteiger partial charge is 0.472 e. The number of halogens is 2. The first kappa shape index (κ1) is 29.9. The van der Waals surface area contributed by atoms with Gasteiger partial charge in [-0.3, -0.25) is 28.0 Å². The van der Waals surface area contributed by atoms with E-state index in [1.807, 2.05) is 4.72 Å². The molecule has 242 valence electrons. The molecule has 4 aromatic rings. The second-order valence-corrected chi connectivity index (χ2v) is 12.9. The van der Waals surface area contributed by atoms with Gasteiger partial charge in [0, 0.05) is 6.54 Å². The molecule has 9 atom stereocenters. The third-order valence-corrected chi connectivity index (χ3v) is 9.25. The van der Waals surface area contributed by atoms with Crippen molar-refractivity contribution in [3.63, 3.8) is 0 Å². The van der Waals surface area contributed by atoms with Crippen LogP contribution in [-0.2, 0) is 37.6 Å². The van der Waals surface area contributed by atoms with Crippen LogP contribution < -0.4 is 21.7 Å². The average molecular weight is 678 g/mol. The molecule has 45 heavy (non-hydrogen) atoms. The van der Waals surface area contributed by atoms with Crippen molar-refractivity contribution in [2.45, 2.75) is 49.2 Å². The number of nitrogens with two attached hydrogens (primary N) is 2. The number of hydrogen-bond acceptors (Lipinski definition) is 16. The number of alkyl halides is 2. The first-order chi connectivity index (χ1) is 21.3. The van der Waals surface area contributed by atoms with E-state index in [1.54, 1.807) is 0 Å². The number of anilines is 2. The van der Waals surface area contributed by atoms with Crippen molar-refractivity contribution in [1.29, 1.82) is 0 Å². The Balaban J connectivity index is 1.21. The monoisotopic (exact) mass is 677 g/mol. The topological polar surface area (TPSA) is 289 Å². The number of phosphoric acid groups is 1. The van der Waals surface area contributed by atoms with E-state index in [0.29, 0.717) is 0 Å². The number of rotatable bonds is 2. The van der Waals surface area contributed by atoms with E-state index >= 15 is 8.78 Å². The maximum absolute atomic E-state index is 15.9. The Hall–Kier alpha value is -3.74. The predicted molar refractivity (Wildman–Crippen MR) is 142 cm³/mol. The fourth-order valence-electron chi connectivity index (χ4n) is 5.27. The number of ether oxygens (including phenoxy) is 2. The molecular weight excluding hydrogens is 655 g/mol. The van der Waals surface area contributed by atoms with Crippen LogP contribution >= 0.6 is 7.82 Å². The Morgan fingerprint density at radius 1 is 0.978 bits per heavy atom. The van der Waals surface area contributed by atoms with E-state index in [1.165, 1.54) is 0 Å². The van der Waals surface area contributed by atoms with Gasteiger partial charge < -0.3 is 25.8 Å². The third kappa shape index (κ3) is 5.22. The standard InChI is InChI=1S/C20H22F2N11O10PS/c21-8-7-2-39-44(35,36)42-12-6(40-18(9(12)22)32-4-27-10-14(23)25-3-26-15(10)32)1-29-45(37,38)43-13(8)19(41-7)33-5-28-11-16(33)30-20(24)31-17(11)34/h3-9,12-13,18-19,29H,1-2H2,(H,35,36)(H2,23,25,26)(H3,24,30,31,34)/t6-,7-,8-,9+,12-,13-,18-,19-/m1/s1. The van der Waals surface area contributed by atoms with Gasteiger partial charge >= 0.3 is 18.1 Å².